The average Bonchev–Trinajstić information content (AvgIpc) is 2.57. The minimum atomic E-state index is 0. The summed E-state index contributed by atoms with van der Waals surface area (Å²) >= 11 is 0. The molecular weight excluding hydrogens is 356 g/mol. The Bertz CT molecular complexity index is 170. The molecule has 0 atom stereocenters. The quantitative estimate of drug-likeness (QED) is 0.177. The second kappa shape index (κ2) is 25.7. The highest BCUT2D eigenvalue weighted by Crippen LogP contribution is 2.14. The number of halogens is 1. The van der Waals surface area contributed by atoms with Gasteiger partial charge in [0.15, 0.2) is 0 Å². The van der Waals surface area contributed by atoms with Crippen molar-refractivity contribution in [3.8, 4) is 0 Å². The first-order valence-electron chi connectivity index (χ1n) is 11.4. The standard InChI is InChI=1S/C23H48.BrH/c1-3-5-7-9-11-13-15-17-19-21-23-22-20-18-16-14-12-10-8-6-4-2;/h3-23H2,1-2H3;1H. The van der Waals surface area contributed by atoms with Crippen LogP contribution in [-0.4, -0.2) is 0 Å². The molecule has 0 radical (unpaired) electrons. The van der Waals surface area contributed by atoms with E-state index in [-0.39, 0.29) is 17.0 Å². The highest BCUT2D eigenvalue weighted by molar-refractivity contribution is 8.93. The number of hydrogen-bond donors (Lipinski definition) is 0. The van der Waals surface area contributed by atoms with Crippen molar-refractivity contribution in [3.63, 3.8) is 0 Å². The van der Waals surface area contributed by atoms with Gasteiger partial charge in [-0.1, -0.05) is 149 Å². The van der Waals surface area contributed by atoms with E-state index in [0.717, 1.165) is 0 Å². The molecule has 0 fully saturated rings. The SMILES string of the molecule is Br.CCCCCCCCCCCCCCCCCCCCCCC. The van der Waals surface area contributed by atoms with Crippen molar-refractivity contribution in [1.82, 2.24) is 0 Å². The molecule has 0 spiro atoms. The Morgan fingerprint density at radius 3 is 0.500 bits per heavy atom. The Hall–Kier alpha value is 0.480. The van der Waals surface area contributed by atoms with E-state index in [0.29, 0.717) is 0 Å². The Balaban J connectivity index is 0. The smallest absolute Gasteiger partial charge is 0.0533 e. The summed E-state index contributed by atoms with van der Waals surface area (Å²) in [4.78, 5) is 0. The summed E-state index contributed by atoms with van der Waals surface area (Å²) in [6.45, 7) is 4.60. The second-order valence-electron chi connectivity index (χ2n) is 7.72. The zero-order valence-corrected chi connectivity index (χ0v) is 19.0. The summed E-state index contributed by atoms with van der Waals surface area (Å²) in [6.07, 6.45) is 30.9. The molecule has 0 aromatic heterocycles. The van der Waals surface area contributed by atoms with Crippen LogP contribution in [0, 0.1) is 0 Å². The van der Waals surface area contributed by atoms with Crippen LogP contribution in [0.1, 0.15) is 149 Å². The zero-order chi connectivity index (χ0) is 16.8. The Morgan fingerprint density at radius 1 is 0.250 bits per heavy atom. The monoisotopic (exact) mass is 404 g/mol. The molecule has 0 aliphatic carbocycles. The molecule has 0 unspecified atom stereocenters. The van der Waals surface area contributed by atoms with E-state index in [4.69, 9.17) is 0 Å². The van der Waals surface area contributed by atoms with Crippen molar-refractivity contribution in [1.29, 1.82) is 0 Å². The van der Waals surface area contributed by atoms with Crippen molar-refractivity contribution in [2.24, 2.45) is 0 Å². The van der Waals surface area contributed by atoms with E-state index >= 15 is 0 Å². The Labute approximate surface area is 165 Å². The molecule has 0 rings (SSSR count). The molecule has 148 valence electrons. The van der Waals surface area contributed by atoms with Gasteiger partial charge < -0.3 is 0 Å². The first-order valence-corrected chi connectivity index (χ1v) is 11.4. The van der Waals surface area contributed by atoms with Crippen LogP contribution in [0.15, 0.2) is 0 Å². The minimum absolute atomic E-state index is 0. The van der Waals surface area contributed by atoms with Gasteiger partial charge in [0.1, 0.15) is 0 Å². The molecule has 0 aromatic rings. The average molecular weight is 406 g/mol. The lowest BCUT2D eigenvalue weighted by Crippen LogP contribution is -1.84. The second-order valence-corrected chi connectivity index (χ2v) is 7.72. The third-order valence-electron chi connectivity index (χ3n) is 5.21. The molecule has 0 saturated heterocycles. The van der Waals surface area contributed by atoms with Gasteiger partial charge in [0, 0.05) is 0 Å². The lowest BCUT2D eigenvalue weighted by Gasteiger charge is -2.04. The van der Waals surface area contributed by atoms with Gasteiger partial charge in [-0.25, -0.2) is 0 Å². The first-order chi connectivity index (χ1) is 11.4. The largest absolute Gasteiger partial charge is 0.114 e. The molecule has 0 N–H and O–H groups in total. The van der Waals surface area contributed by atoms with Crippen molar-refractivity contribution >= 4 is 17.0 Å². The fourth-order valence-corrected chi connectivity index (χ4v) is 3.51. The Morgan fingerprint density at radius 2 is 0.375 bits per heavy atom. The minimum Gasteiger partial charge on any atom is -0.114 e. The maximum Gasteiger partial charge on any atom is -0.0533 e. The number of unbranched alkanes of at least 4 members (excludes halogenated alkanes) is 20. The third kappa shape index (κ3) is 24.7. The van der Waals surface area contributed by atoms with Crippen LogP contribution in [0.5, 0.6) is 0 Å². The molecule has 1 heteroatoms. The van der Waals surface area contributed by atoms with Crippen LogP contribution in [0.4, 0.5) is 0 Å². The molecule has 0 saturated carbocycles. The van der Waals surface area contributed by atoms with Crippen LogP contribution in [0.2, 0.25) is 0 Å². The summed E-state index contributed by atoms with van der Waals surface area (Å²) < 4.78 is 0. The predicted octanol–water partition coefficient (Wildman–Crippen LogP) is 9.80. The zero-order valence-electron chi connectivity index (χ0n) is 17.3. The van der Waals surface area contributed by atoms with Gasteiger partial charge in [0.05, 0.1) is 0 Å². The van der Waals surface area contributed by atoms with Crippen molar-refractivity contribution in [2.45, 2.75) is 149 Å². The third-order valence-corrected chi connectivity index (χ3v) is 5.21. The Kier molecular flexibility index (Phi) is 28.6. The highest BCUT2D eigenvalue weighted by atomic mass is 79.9. The molecule has 0 bridgehead atoms. The van der Waals surface area contributed by atoms with Crippen LogP contribution in [0.3, 0.4) is 0 Å². The summed E-state index contributed by atoms with van der Waals surface area (Å²) in [5.74, 6) is 0. The van der Waals surface area contributed by atoms with Gasteiger partial charge in [-0.05, 0) is 0 Å². The molecule has 24 heavy (non-hydrogen) atoms. The van der Waals surface area contributed by atoms with Crippen LogP contribution in [0.25, 0.3) is 0 Å². The van der Waals surface area contributed by atoms with E-state index in [9.17, 15) is 0 Å². The van der Waals surface area contributed by atoms with E-state index in [1.165, 1.54) is 135 Å². The normalized spacial score (nSPS) is 10.8. The molecule has 0 nitrogen and oxygen atoms in total. The fraction of sp³-hybridized carbons (Fsp3) is 1.00. The van der Waals surface area contributed by atoms with E-state index in [2.05, 4.69) is 13.8 Å². The first kappa shape index (κ1) is 26.7. The summed E-state index contributed by atoms with van der Waals surface area (Å²) in [7, 11) is 0. The van der Waals surface area contributed by atoms with Crippen LogP contribution in [-0.2, 0) is 0 Å². The fourth-order valence-electron chi connectivity index (χ4n) is 3.51. The van der Waals surface area contributed by atoms with Gasteiger partial charge >= 0.3 is 0 Å². The number of rotatable bonds is 20. The van der Waals surface area contributed by atoms with Gasteiger partial charge in [-0.3, -0.25) is 0 Å². The highest BCUT2D eigenvalue weighted by Gasteiger charge is 1.95. The van der Waals surface area contributed by atoms with E-state index < -0.39 is 0 Å². The molecular formula is C23H49Br. The van der Waals surface area contributed by atoms with Gasteiger partial charge in [-0.2, -0.15) is 0 Å². The van der Waals surface area contributed by atoms with Gasteiger partial charge in [0.2, 0.25) is 0 Å². The maximum absolute atomic E-state index is 2.30. The van der Waals surface area contributed by atoms with Gasteiger partial charge in [0.25, 0.3) is 0 Å². The van der Waals surface area contributed by atoms with Crippen molar-refractivity contribution in [2.75, 3.05) is 0 Å². The van der Waals surface area contributed by atoms with E-state index in [1.54, 1.807) is 0 Å². The molecule has 0 heterocycles. The summed E-state index contributed by atoms with van der Waals surface area (Å²) in [6, 6.07) is 0. The van der Waals surface area contributed by atoms with Crippen molar-refractivity contribution < 1.29 is 0 Å². The predicted molar refractivity (Wildman–Crippen MR) is 119 cm³/mol. The maximum atomic E-state index is 2.30. The molecule has 0 aliphatic rings. The van der Waals surface area contributed by atoms with Crippen molar-refractivity contribution in [3.05, 3.63) is 0 Å². The molecule has 0 amide bonds. The lowest BCUT2D eigenvalue weighted by molar-refractivity contribution is 0.521. The lowest BCUT2D eigenvalue weighted by atomic mass is 10.0. The number of hydrogen-bond acceptors (Lipinski definition) is 0. The summed E-state index contributed by atoms with van der Waals surface area (Å²) in [5, 5.41) is 0. The topological polar surface area (TPSA) is 0 Å². The van der Waals surface area contributed by atoms with Crippen LogP contribution < -0.4 is 0 Å². The van der Waals surface area contributed by atoms with Gasteiger partial charge in [-0.15, -0.1) is 17.0 Å². The molecule has 0 aliphatic heterocycles. The van der Waals surface area contributed by atoms with Crippen LogP contribution >= 0.6 is 17.0 Å². The molecule has 0 aromatic carbocycles. The summed E-state index contributed by atoms with van der Waals surface area (Å²) in [5.41, 5.74) is 0. The van der Waals surface area contributed by atoms with E-state index in [1.807, 2.05) is 0 Å².